The van der Waals surface area contributed by atoms with E-state index in [0.717, 1.165) is 28.7 Å². The molecule has 1 aliphatic rings. The normalized spacial score (nSPS) is 20.2. The van der Waals surface area contributed by atoms with Crippen LogP contribution in [0.3, 0.4) is 0 Å². The number of rotatable bonds is 3. The SMILES string of the molecule is Cc1ncc(-c2noc(CC3CCCCN3)n2)s1. The molecule has 3 rings (SSSR count). The minimum absolute atomic E-state index is 0.482. The molecule has 1 unspecified atom stereocenters. The van der Waals surface area contributed by atoms with Gasteiger partial charge in [0.1, 0.15) is 0 Å². The summed E-state index contributed by atoms with van der Waals surface area (Å²) in [6.07, 6.45) is 6.37. The second kappa shape index (κ2) is 5.16. The zero-order valence-corrected chi connectivity index (χ0v) is 11.2. The number of nitrogens with one attached hydrogen (secondary N) is 1. The Hall–Kier alpha value is -1.27. The Labute approximate surface area is 110 Å². The van der Waals surface area contributed by atoms with Crippen molar-refractivity contribution < 1.29 is 4.52 Å². The van der Waals surface area contributed by atoms with Crippen LogP contribution in [-0.2, 0) is 6.42 Å². The molecule has 1 atom stereocenters. The van der Waals surface area contributed by atoms with Gasteiger partial charge in [0.25, 0.3) is 0 Å². The van der Waals surface area contributed by atoms with E-state index in [9.17, 15) is 0 Å². The van der Waals surface area contributed by atoms with E-state index in [1.807, 2.05) is 6.92 Å². The van der Waals surface area contributed by atoms with Gasteiger partial charge in [0.05, 0.1) is 9.88 Å². The van der Waals surface area contributed by atoms with Crippen molar-refractivity contribution in [1.82, 2.24) is 20.4 Å². The summed E-state index contributed by atoms with van der Waals surface area (Å²) >= 11 is 1.59. The van der Waals surface area contributed by atoms with E-state index >= 15 is 0 Å². The Morgan fingerprint density at radius 1 is 1.50 bits per heavy atom. The van der Waals surface area contributed by atoms with Crippen LogP contribution in [0.5, 0.6) is 0 Å². The number of aromatic nitrogens is 3. The monoisotopic (exact) mass is 264 g/mol. The minimum Gasteiger partial charge on any atom is -0.339 e. The Kier molecular flexibility index (Phi) is 3.38. The summed E-state index contributed by atoms with van der Waals surface area (Å²) in [5.74, 6) is 1.38. The molecule has 6 heteroatoms. The highest BCUT2D eigenvalue weighted by Gasteiger charge is 2.17. The van der Waals surface area contributed by atoms with E-state index in [1.54, 1.807) is 17.5 Å². The van der Waals surface area contributed by atoms with Gasteiger partial charge in [-0.05, 0) is 26.3 Å². The van der Waals surface area contributed by atoms with Crippen molar-refractivity contribution in [2.75, 3.05) is 6.54 Å². The maximum absolute atomic E-state index is 5.31. The van der Waals surface area contributed by atoms with Crippen molar-refractivity contribution in [3.05, 3.63) is 17.1 Å². The van der Waals surface area contributed by atoms with Crippen molar-refractivity contribution >= 4 is 11.3 Å². The largest absolute Gasteiger partial charge is 0.339 e. The van der Waals surface area contributed by atoms with Crippen LogP contribution in [-0.4, -0.2) is 27.7 Å². The highest BCUT2D eigenvalue weighted by atomic mass is 32.1. The first-order valence-corrected chi connectivity index (χ1v) is 7.12. The zero-order chi connectivity index (χ0) is 12.4. The third-order valence-corrected chi connectivity index (χ3v) is 4.05. The summed E-state index contributed by atoms with van der Waals surface area (Å²) in [5.41, 5.74) is 0. The molecule has 1 fully saturated rings. The molecule has 0 saturated carbocycles. The molecule has 0 radical (unpaired) electrons. The quantitative estimate of drug-likeness (QED) is 0.920. The van der Waals surface area contributed by atoms with Gasteiger partial charge >= 0.3 is 0 Å². The maximum Gasteiger partial charge on any atom is 0.228 e. The third-order valence-electron chi connectivity index (χ3n) is 3.14. The third kappa shape index (κ3) is 2.59. The Morgan fingerprint density at radius 3 is 3.17 bits per heavy atom. The molecule has 0 aromatic carbocycles. The van der Waals surface area contributed by atoms with Crippen molar-refractivity contribution in [3.63, 3.8) is 0 Å². The lowest BCUT2D eigenvalue weighted by Gasteiger charge is -2.21. The minimum atomic E-state index is 0.482. The predicted octanol–water partition coefficient (Wildman–Crippen LogP) is 2.19. The van der Waals surface area contributed by atoms with Gasteiger partial charge in [0, 0.05) is 18.7 Å². The molecule has 18 heavy (non-hydrogen) atoms. The first kappa shape index (κ1) is 11.8. The molecular weight excluding hydrogens is 248 g/mol. The number of hydrogen-bond acceptors (Lipinski definition) is 6. The van der Waals surface area contributed by atoms with E-state index in [4.69, 9.17) is 4.52 Å². The van der Waals surface area contributed by atoms with Crippen LogP contribution >= 0.6 is 11.3 Å². The molecule has 1 aliphatic heterocycles. The van der Waals surface area contributed by atoms with Gasteiger partial charge in [-0.25, -0.2) is 4.98 Å². The first-order valence-electron chi connectivity index (χ1n) is 6.30. The molecule has 0 amide bonds. The van der Waals surface area contributed by atoms with Gasteiger partial charge in [0.15, 0.2) is 0 Å². The van der Waals surface area contributed by atoms with Gasteiger partial charge in [-0.15, -0.1) is 11.3 Å². The van der Waals surface area contributed by atoms with Crippen LogP contribution in [0.15, 0.2) is 10.7 Å². The molecule has 0 bridgehead atoms. The van der Waals surface area contributed by atoms with Gasteiger partial charge in [-0.3, -0.25) is 0 Å². The Balaban J connectivity index is 1.69. The number of thiazole rings is 1. The summed E-state index contributed by atoms with van der Waals surface area (Å²) < 4.78 is 5.31. The Morgan fingerprint density at radius 2 is 2.44 bits per heavy atom. The van der Waals surface area contributed by atoms with Gasteiger partial charge < -0.3 is 9.84 Å². The average molecular weight is 264 g/mol. The highest BCUT2D eigenvalue weighted by molar-refractivity contribution is 7.14. The van der Waals surface area contributed by atoms with E-state index in [2.05, 4.69) is 20.4 Å². The fraction of sp³-hybridized carbons (Fsp3) is 0.583. The molecule has 2 aromatic heterocycles. The lowest BCUT2D eigenvalue weighted by Crippen LogP contribution is -2.35. The smallest absolute Gasteiger partial charge is 0.228 e. The molecular formula is C12H16N4OS. The van der Waals surface area contributed by atoms with Gasteiger partial charge in [-0.2, -0.15) is 4.98 Å². The number of hydrogen-bond donors (Lipinski definition) is 1. The fourth-order valence-corrected chi connectivity index (χ4v) is 2.91. The van der Waals surface area contributed by atoms with Crippen molar-refractivity contribution in [2.45, 2.75) is 38.6 Å². The summed E-state index contributed by atoms with van der Waals surface area (Å²) in [6, 6.07) is 0.482. The maximum atomic E-state index is 5.31. The highest BCUT2D eigenvalue weighted by Crippen LogP contribution is 2.23. The Bertz CT molecular complexity index is 516. The molecule has 1 saturated heterocycles. The topological polar surface area (TPSA) is 63.8 Å². The second-order valence-electron chi connectivity index (χ2n) is 4.61. The van der Waals surface area contributed by atoms with Crippen LogP contribution in [0.25, 0.3) is 10.7 Å². The molecule has 1 N–H and O–H groups in total. The number of nitrogens with zero attached hydrogens (tertiary/aromatic N) is 3. The van der Waals surface area contributed by atoms with Crippen LogP contribution in [0.2, 0.25) is 0 Å². The first-order chi connectivity index (χ1) is 8.81. The van der Waals surface area contributed by atoms with E-state index in [-0.39, 0.29) is 0 Å². The lowest BCUT2D eigenvalue weighted by molar-refractivity contribution is 0.332. The van der Waals surface area contributed by atoms with Crippen molar-refractivity contribution in [1.29, 1.82) is 0 Å². The van der Waals surface area contributed by atoms with E-state index in [1.165, 1.54) is 19.3 Å². The van der Waals surface area contributed by atoms with E-state index < -0.39 is 0 Å². The molecule has 2 aromatic rings. The van der Waals surface area contributed by atoms with Crippen LogP contribution in [0.4, 0.5) is 0 Å². The molecule has 0 spiro atoms. The average Bonchev–Trinajstić information content (AvgIpc) is 2.99. The van der Waals surface area contributed by atoms with Crippen molar-refractivity contribution in [2.24, 2.45) is 0 Å². The predicted molar refractivity (Wildman–Crippen MR) is 69.5 cm³/mol. The number of piperidine rings is 1. The standard InChI is InChI=1S/C12H16N4OS/c1-8-14-7-10(18-8)12-15-11(17-16-12)6-9-4-2-3-5-13-9/h7,9,13H,2-6H2,1H3. The van der Waals surface area contributed by atoms with Crippen LogP contribution < -0.4 is 5.32 Å². The summed E-state index contributed by atoms with van der Waals surface area (Å²) in [5, 5.41) is 8.52. The molecule has 96 valence electrons. The summed E-state index contributed by atoms with van der Waals surface area (Å²) in [6.45, 7) is 3.07. The van der Waals surface area contributed by atoms with Gasteiger partial charge in [-0.1, -0.05) is 11.6 Å². The zero-order valence-electron chi connectivity index (χ0n) is 10.3. The summed E-state index contributed by atoms with van der Waals surface area (Å²) in [7, 11) is 0. The van der Waals surface area contributed by atoms with Crippen molar-refractivity contribution in [3.8, 4) is 10.7 Å². The number of aryl methyl sites for hydroxylation is 1. The van der Waals surface area contributed by atoms with E-state index in [0.29, 0.717) is 11.9 Å². The molecule has 0 aliphatic carbocycles. The summed E-state index contributed by atoms with van der Waals surface area (Å²) in [4.78, 5) is 9.61. The molecule has 5 nitrogen and oxygen atoms in total. The van der Waals surface area contributed by atoms with Crippen LogP contribution in [0.1, 0.15) is 30.2 Å². The molecule has 3 heterocycles. The van der Waals surface area contributed by atoms with Gasteiger partial charge in [0.2, 0.25) is 11.7 Å². The lowest BCUT2D eigenvalue weighted by atomic mass is 10.0. The van der Waals surface area contributed by atoms with Crippen LogP contribution in [0, 0.1) is 6.92 Å². The second-order valence-corrected chi connectivity index (χ2v) is 5.84. The fourth-order valence-electron chi connectivity index (χ4n) is 2.21.